The van der Waals surface area contributed by atoms with Crippen LogP contribution in [-0.2, 0) is 14.3 Å². The second kappa shape index (κ2) is 8.98. The predicted molar refractivity (Wildman–Crippen MR) is 98.6 cm³/mol. The summed E-state index contributed by atoms with van der Waals surface area (Å²) in [6.45, 7) is 0. The van der Waals surface area contributed by atoms with E-state index in [1.165, 1.54) is 31.5 Å². The first-order valence-corrected chi connectivity index (χ1v) is 7.94. The molecule has 0 atom stereocenters. The van der Waals surface area contributed by atoms with E-state index in [0.29, 0.717) is 21.8 Å². The third-order valence-corrected chi connectivity index (χ3v) is 3.83. The van der Waals surface area contributed by atoms with Gasteiger partial charge < -0.3 is 10.1 Å². The highest BCUT2D eigenvalue weighted by molar-refractivity contribution is 6.42. The van der Waals surface area contributed by atoms with E-state index in [0.717, 1.165) is 0 Å². The molecule has 2 aromatic carbocycles. The van der Waals surface area contributed by atoms with Crippen molar-refractivity contribution in [3.63, 3.8) is 0 Å². The van der Waals surface area contributed by atoms with E-state index in [2.05, 4.69) is 20.6 Å². The van der Waals surface area contributed by atoms with Crippen molar-refractivity contribution in [2.24, 2.45) is 5.10 Å². The molecule has 134 valence electrons. The van der Waals surface area contributed by atoms with Gasteiger partial charge in [0.15, 0.2) is 0 Å². The van der Waals surface area contributed by atoms with Gasteiger partial charge >= 0.3 is 17.8 Å². The fourth-order valence-corrected chi connectivity index (χ4v) is 2.10. The van der Waals surface area contributed by atoms with Crippen LogP contribution in [0.4, 0.5) is 5.69 Å². The summed E-state index contributed by atoms with van der Waals surface area (Å²) in [5.41, 5.74) is 3.41. The molecule has 2 rings (SSSR count). The van der Waals surface area contributed by atoms with E-state index < -0.39 is 17.8 Å². The molecule has 0 aliphatic rings. The summed E-state index contributed by atoms with van der Waals surface area (Å²) < 4.78 is 4.59. The maximum Gasteiger partial charge on any atom is 0.337 e. The van der Waals surface area contributed by atoms with Crippen molar-refractivity contribution in [2.75, 3.05) is 12.4 Å². The number of amides is 2. The molecule has 7 nitrogen and oxygen atoms in total. The van der Waals surface area contributed by atoms with Crippen LogP contribution in [0.3, 0.4) is 0 Å². The second-order valence-corrected chi connectivity index (χ2v) is 5.71. The fourth-order valence-electron chi connectivity index (χ4n) is 1.80. The Labute approximate surface area is 158 Å². The van der Waals surface area contributed by atoms with E-state index in [4.69, 9.17) is 23.2 Å². The maximum atomic E-state index is 11.8. The number of hydrogen-bond donors (Lipinski definition) is 2. The minimum Gasteiger partial charge on any atom is -0.465 e. The SMILES string of the molecule is COC(=O)c1ccc(/C=N/NC(=O)C(=O)Nc2ccc(Cl)c(Cl)c2)cc1. The molecule has 0 aliphatic carbocycles. The van der Waals surface area contributed by atoms with Gasteiger partial charge in [0.2, 0.25) is 0 Å². The van der Waals surface area contributed by atoms with Crippen molar-refractivity contribution in [3.8, 4) is 0 Å². The van der Waals surface area contributed by atoms with Crippen LogP contribution in [0.2, 0.25) is 10.0 Å². The molecule has 0 radical (unpaired) electrons. The summed E-state index contributed by atoms with van der Waals surface area (Å²) in [6.07, 6.45) is 1.32. The minimum absolute atomic E-state index is 0.248. The van der Waals surface area contributed by atoms with Crippen LogP contribution in [0.1, 0.15) is 15.9 Å². The van der Waals surface area contributed by atoms with Gasteiger partial charge in [-0.15, -0.1) is 0 Å². The van der Waals surface area contributed by atoms with Crippen molar-refractivity contribution in [2.45, 2.75) is 0 Å². The van der Waals surface area contributed by atoms with Crippen molar-refractivity contribution in [1.29, 1.82) is 0 Å². The van der Waals surface area contributed by atoms with Crippen LogP contribution in [-0.4, -0.2) is 31.1 Å². The van der Waals surface area contributed by atoms with E-state index in [-0.39, 0.29) is 5.02 Å². The van der Waals surface area contributed by atoms with Gasteiger partial charge in [0.05, 0.1) is 28.9 Å². The highest BCUT2D eigenvalue weighted by Gasteiger charge is 2.13. The number of hydrazone groups is 1. The van der Waals surface area contributed by atoms with Gasteiger partial charge in [-0.05, 0) is 35.9 Å². The number of nitrogens with zero attached hydrogens (tertiary/aromatic N) is 1. The highest BCUT2D eigenvalue weighted by Crippen LogP contribution is 2.24. The molecule has 0 fully saturated rings. The molecule has 2 amide bonds. The van der Waals surface area contributed by atoms with Gasteiger partial charge in [-0.1, -0.05) is 35.3 Å². The normalized spacial score (nSPS) is 10.4. The standard InChI is InChI=1S/C17H13Cl2N3O4/c1-26-17(25)11-4-2-10(3-5-11)9-20-22-16(24)15(23)21-12-6-7-13(18)14(19)8-12/h2-9H,1H3,(H,21,23)(H,22,24)/b20-9+. The number of halogens is 2. The Morgan fingerprint density at radius 1 is 1.00 bits per heavy atom. The molecule has 0 saturated carbocycles. The average molecular weight is 394 g/mol. The number of hydrogen-bond acceptors (Lipinski definition) is 5. The van der Waals surface area contributed by atoms with E-state index >= 15 is 0 Å². The number of benzene rings is 2. The molecule has 0 heterocycles. The number of esters is 1. The van der Waals surface area contributed by atoms with E-state index in [1.807, 2.05) is 0 Å². The first-order chi connectivity index (χ1) is 12.4. The van der Waals surface area contributed by atoms with Crippen LogP contribution < -0.4 is 10.7 Å². The number of nitrogens with one attached hydrogen (secondary N) is 2. The Balaban J connectivity index is 1.90. The highest BCUT2D eigenvalue weighted by atomic mass is 35.5. The van der Waals surface area contributed by atoms with Crippen molar-refractivity contribution in [1.82, 2.24) is 5.43 Å². The largest absolute Gasteiger partial charge is 0.465 e. The van der Waals surface area contributed by atoms with Crippen molar-refractivity contribution in [3.05, 3.63) is 63.6 Å². The third kappa shape index (κ3) is 5.30. The molecular weight excluding hydrogens is 381 g/mol. The Morgan fingerprint density at radius 3 is 2.31 bits per heavy atom. The van der Waals surface area contributed by atoms with Gasteiger partial charge in [0, 0.05) is 5.69 Å². The van der Waals surface area contributed by atoms with E-state index in [9.17, 15) is 14.4 Å². The van der Waals surface area contributed by atoms with E-state index in [1.54, 1.807) is 24.3 Å². The summed E-state index contributed by atoms with van der Waals surface area (Å²) in [5.74, 6) is -2.33. The Kier molecular flexibility index (Phi) is 6.71. The molecule has 2 aromatic rings. The number of anilines is 1. The van der Waals surface area contributed by atoms with Crippen molar-refractivity contribution < 1.29 is 19.1 Å². The predicted octanol–water partition coefficient (Wildman–Crippen LogP) is 2.87. The zero-order valence-corrected chi connectivity index (χ0v) is 15.0. The number of ether oxygens (including phenoxy) is 1. The van der Waals surface area contributed by atoms with Crippen molar-refractivity contribution >= 4 is 52.9 Å². The molecule has 0 saturated heterocycles. The number of rotatable bonds is 4. The Bertz CT molecular complexity index is 867. The zero-order chi connectivity index (χ0) is 19.1. The lowest BCUT2D eigenvalue weighted by Crippen LogP contribution is -2.32. The maximum absolute atomic E-state index is 11.8. The summed E-state index contributed by atoms with van der Waals surface area (Å²) in [4.78, 5) is 34.8. The molecule has 26 heavy (non-hydrogen) atoms. The second-order valence-electron chi connectivity index (χ2n) is 4.90. The van der Waals surface area contributed by atoms with Gasteiger partial charge in [0.1, 0.15) is 0 Å². The Hall–Kier alpha value is -2.90. The lowest BCUT2D eigenvalue weighted by atomic mass is 10.1. The van der Waals surface area contributed by atoms with Gasteiger partial charge in [-0.3, -0.25) is 9.59 Å². The lowest BCUT2D eigenvalue weighted by Gasteiger charge is -2.05. The van der Waals surface area contributed by atoms with Gasteiger partial charge in [-0.25, -0.2) is 10.2 Å². The van der Waals surface area contributed by atoms with Crippen LogP contribution in [0.5, 0.6) is 0 Å². The number of methoxy groups -OCH3 is 1. The quantitative estimate of drug-likeness (QED) is 0.361. The van der Waals surface area contributed by atoms with Crippen LogP contribution >= 0.6 is 23.2 Å². The lowest BCUT2D eigenvalue weighted by molar-refractivity contribution is -0.136. The molecule has 0 unspecified atom stereocenters. The number of carbonyl (C=O) groups excluding carboxylic acids is 3. The first-order valence-electron chi connectivity index (χ1n) is 7.18. The first kappa shape index (κ1) is 19.4. The average Bonchev–Trinajstić information content (AvgIpc) is 2.64. The molecule has 0 aliphatic heterocycles. The molecule has 0 spiro atoms. The summed E-state index contributed by atoms with van der Waals surface area (Å²) in [6, 6.07) is 10.7. The smallest absolute Gasteiger partial charge is 0.337 e. The molecule has 0 aromatic heterocycles. The topological polar surface area (TPSA) is 96.9 Å². The number of carbonyl (C=O) groups is 3. The summed E-state index contributed by atoms with van der Waals surface area (Å²) in [7, 11) is 1.29. The molecule has 2 N–H and O–H groups in total. The third-order valence-electron chi connectivity index (χ3n) is 3.10. The van der Waals surface area contributed by atoms with Gasteiger partial charge in [-0.2, -0.15) is 5.10 Å². The fraction of sp³-hybridized carbons (Fsp3) is 0.0588. The monoisotopic (exact) mass is 393 g/mol. The summed E-state index contributed by atoms with van der Waals surface area (Å²) in [5, 5.41) is 6.63. The zero-order valence-electron chi connectivity index (χ0n) is 13.5. The Morgan fingerprint density at radius 2 is 1.69 bits per heavy atom. The molecule has 0 bridgehead atoms. The van der Waals surface area contributed by atoms with Crippen LogP contribution in [0.15, 0.2) is 47.6 Å². The van der Waals surface area contributed by atoms with Crippen LogP contribution in [0.25, 0.3) is 0 Å². The molecule has 9 heteroatoms. The van der Waals surface area contributed by atoms with Crippen LogP contribution in [0, 0.1) is 0 Å². The molecular formula is C17H13Cl2N3O4. The summed E-state index contributed by atoms with van der Waals surface area (Å²) >= 11 is 11.6. The minimum atomic E-state index is -0.960. The van der Waals surface area contributed by atoms with Gasteiger partial charge in [0.25, 0.3) is 0 Å².